The first kappa shape index (κ1) is 34.3. The number of hydrogen-bond acceptors (Lipinski definition) is 9. The first-order valence-electron chi connectivity index (χ1n) is 12.3. The Labute approximate surface area is 266 Å². The van der Waals surface area contributed by atoms with Gasteiger partial charge in [0.2, 0.25) is 0 Å². The van der Waals surface area contributed by atoms with Crippen LogP contribution in [0.1, 0.15) is 20.9 Å². The minimum absolute atomic E-state index is 0.271. The standard InChI is InChI=1S/C28H4F12N4O4S/c29-25(30,31)45-15-1-11-13(3-17(15)47-27(35,36)37)21-22-14-4-18(48-28(38,39)40)16(46-26(32,33)34)2-12(14)20(10(7-43)8-44)24(22)49-23(21)19(11)9(5-41)6-42/h1-4H. The summed E-state index contributed by atoms with van der Waals surface area (Å²) < 4.78 is 174. The van der Waals surface area contributed by atoms with E-state index in [0.717, 1.165) is 0 Å². The van der Waals surface area contributed by atoms with Gasteiger partial charge >= 0.3 is 25.4 Å². The van der Waals surface area contributed by atoms with Crippen LogP contribution in [0.3, 0.4) is 0 Å². The zero-order valence-corrected chi connectivity index (χ0v) is 23.5. The third-order valence-electron chi connectivity index (χ3n) is 6.46. The fourth-order valence-corrected chi connectivity index (χ4v) is 6.54. The zero-order valence-electron chi connectivity index (χ0n) is 22.7. The van der Waals surface area contributed by atoms with Gasteiger partial charge in [-0.15, -0.1) is 64.0 Å². The van der Waals surface area contributed by atoms with Crippen LogP contribution < -0.4 is 18.9 Å². The molecule has 1 aromatic heterocycles. The van der Waals surface area contributed by atoms with Crippen molar-refractivity contribution in [2.24, 2.45) is 0 Å². The van der Waals surface area contributed by atoms with E-state index in [4.69, 9.17) is 0 Å². The van der Waals surface area contributed by atoms with E-state index in [1.807, 2.05) is 0 Å². The van der Waals surface area contributed by atoms with Crippen LogP contribution in [0.15, 0.2) is 35.4 Å². The highest BCUT2D eigenvalue weighted by Crippen LogP contribution is 2.63. The number of thiophene rings is 1. The van der Waals surface area contributed by atoms with Crippen molar-refractivity contribution in [3.63, 3.8) is 0 Å². The Bertz CT molecular complexity index is 2000. The number of alkyl halides is 12. The van der Waals surface area contributed by atoms with Gasteiger partial charge in [0, 0.05) is 32.0 Å². The Balaban J connectivity index is 1.95. The lowest BCUT2D eigenvalue weighted by molar-refractivity contribution is -0.287. The average Bonchev–Trinajstić information content (AvgIpc) is 3.54. The van der Waals surface area contributed by atoms with Crippen molar-refractivity contribution in [3.05, 3.63) is 56.3 Å². The van der Waals surface area contributed by atoms with Gasteiger partial charge in [-0.3, -0.25) is 0 Å². The maximum absolute atomic E-state index is 13.3. The molecule has 49 heavy (non-hydrogen) atoms. The van der Waals surface area contributed by atoms with Crippen LogP contribution in [0.4, 0.5) is 52.7 Å². The van der Waals surface area contributed by atoms with Crippen molar-refractivity contribution in [2.75, 3.05) is 0 Å². The maximum atomic E-state index is 13.3. The molecule has 0 atom stereocenters. The zero-order chi connectivity index (χ0) is 36.4. The Hall–Kier alpha value is -6.06. The third-order valence-corrected chi connectivity index (χ3v) is 7.68. The summed E-state index contributed by atoms with van der Waals surface area (Å²) in [6, 6.07) is 7.30. The number of allylic oxidation sites excluding steroid dienone is 2. The Kier molecular flexibility index (Phi) is 7.89. The Morgan fingerprint density at radius 1 is 0.449 bits per heavy atom. The molecule has 0 unspecified atom stereocenters. The fourth-order valence-electron chi connectivity index (χ4n) is 5.08. The van der Waals surface area contributed by atoms with Crippen molar-refractivity contribution in [3.8, 4) is 69.5 Å². The first-order valence-corrected chi connectivity index (χ1v) is 13.1. The molecule has 2 aliphatic carbocycles. The van der Waals surface area contributed by atoms with Crippen molar-refractivity contribution in [1.29, 1.82) is 21.0 Å². The lowest BCUT2D eigenvalue weighted by atomic mass is 9.97. The van der Waals surface area contributed by atoms with E-state index in [1.165, 1.54) is 24.3 Å². The molecule has 0 radical (unpaired) electrons. The smallest absolute Gasteiger partial charge is 0.402 e. The number of benzene rings is 2. The minimum atomic E-state index is -5.63. The average molecular weight is 720 g/mol. The van der Waals surface area contributed by atoms with E-state index < -0.39 is 93.0 Å². The van der Waals surface area contributed by atoms with E-state index in [0.29, 0.717) is 35.6 Å². The third kappa shape index (κ3) is 6.44. The Morgan fingerprint density at radius 2 is 0.694 bits per heavy atom. The van der Waals surface area contributed by atoms with Crippen LogP contribution >= 0.6 is 11.3 Å². The molecule has 0 aliphatic heterocycles. The molecule has 0 saturated carbocycles. The monoisotopic (exact) mass is 720 g/mol. The van der Waals surface area contributed by atoms with Crippen molar-refractivity contribution >= 4 is 22.5 Å². The second-order valence-corrected chi connectivity index (χ2v) is 10.4. The van der Waals surface area contributed by atoms with Gasteiger partial charge in [-0.2, -0.15) is 21.0 Å². The van der Waals surface area contributed by atoms with E-state index in [-0.39, 0.29) is 20.9 Å². The minimum Gasteiger partial charge on any atom is -0.402 e. The number of nitrogens with zero attached hydrogens (tertiary/aromatic N) is 4. The lowest BCUT2D eigenvalue weighted by Gasteiger charge is -2.18. The molecule has 8 nitrogen and oxygen atoms in total. The summed E-state index contributed by atoms with van der Waals surface area (Å²) in [6.07, 6.45) is -22.5. The van der Waals surface area contributed by atoms with Gasteiger partial charge in [0.25, 0.3) is 0 Å². The number of nitriles is 4. The predicted molar refractivity (Wildman–Crippen MR) is 136 cm³/mol. The van der Waals surface area contributed by atoms with E-state index >= 15 is 0 Å². The van der Waals surface area contributed by atoms with Gasteiger partial charge in [0.05, 0.1) is 0 Å². The van der Waals surface area contributed by atoms with Crippen molar-refractivity contribution < 1.29 is 71.6 Å². The molecule has 1 heterocycles. The predicted octanol–water partition coefficient (Wildman–Crippen LogP) is 9.00. The summed E-state index contributed by atoms with van der Waals surface area (Å²) in [5, 5.41) is 38.6. The van der Waals surface area contributed by atoms with Gasteiger partial charge in [-0.05, 0) is 46.5 Å². The molecular weight excluding hydrogens is 716 g/mol. The molecule has 0 spiro atoms. The molecule has 2 aliphatic rings. The second kappa shape index (κ2) is 11.3. The molecule has 250 valence electrons. The number of halogens is 12. The van der Waals surface area contributed by atoms with Gasteiger partial charge in [0.15, 0.2) is 23.0 Å². The van der Waals surface area contributed by atoms with Gasteiger partial charge in [-0.1, -0.05) is 0 Å². The number of ether oxygens (including phenoxy) is 4. The highest BCUT2D eigenvalue weighted by Gasteiger charge is 2.45. The summed E-state index contributed by atoms with van der Waals surface area (Å²) >= 11 is 0.462. The summed E-state index contributed by atoms with van der Waals surface area (Å²) in [7, 11) is 0. The number of fused-ring (bicyclic) bond motifs is 7. The van der Waals surface area contributed by atoms with Gasteiger partial charge in [-0.25, -0.2) is 0 Å². The molecule has 5 rings (SSSR count). The van der Waals surface area contributed by atoms with Gasteiger partial charge < -0.3 is 18.9 Å². The highest BCUT2D eigenvalue weighted by atomic mass is 32.1. The highest BCUT2D eigenvalue weighted by molar-refractivity contribution is 7.16. The normalized spacial score (nSPS) is 13.1. The van der Waals surface area contributed by atoms with Crippen LogP contribution in [0.25, 0.3) is 33.4 Å². The van der Waals surface area contributed by atoms with E-state index in [9.17, 15) is 73.7 Å². The van der Waals surface area contributed by atoms with Crippen LogP contribution in [-0.2, 0) is 0 Å². The summed E-state index contributed by atoms with van der Waals surface area (Å²) in [5.41, 5.74) is -5.49. The molecule has 21 heteroatoms. The number of hydrogen-bond donors (Lipinski definition) is 0. The quantitative estimate of drug-likeness (QED) is 0.133. The summed E-state index contributed by atoms with van der Waals surface area (Å²) in [4.78, 5) is -0.542. The maximum Gasteiger partial charge on any atom is 0.573 e. The first-order chi connectivity index (χ1) is 22.6. The van der Waals surface area contributed by atoms with Crippen LogP contribution in [0, 0.1) is 45.3 Å². The van der Waals surface area contributed by atoms with Crippen molar-refractivity contribution in [1.82, 2.24) is 0 Å². The fraction of sp³-hybridized carbons (Fsp3) is 0.143. The topological polar surface area (TPSA) is 132 Å². The summed E-state index contributed by atoms with van der Waals surface area (Å²) in [6.45, 7) is 0. The second-order valence-electron chi connectivity index (χ2n) is 9.34. The van der Waals surface area contributed by atoms with Crippen molar-refractivity contribution in [2.45, 2.75) is 25.4 Å². The molecule has 2 aromatic carbocycles. The van der Waals surface area contributed by atoms with Gasteiger partial charge in [0.1, 0.15) is 35.4 Å². The Morgan fingerprint density at radius 3 is 0.918 bits per heavy atom. The molecule has 0 N–H and O–H groups in total. The molecule has 0 bridgehead atoms. The molecular formula is C28H4F12N4O4S. The van der Waals surface area contributed by atoms with Crippen LogP contribution in [0.5, 0.6) is 23.0 Å². The van der Waals surface area contributed by atoms with E-state index in [2.05, 4.69) is 18.9 Å². The lowest BCUT2D eigenvalue weighted by Crippen LogP contribution is -2.21. The molecule has 0 saturated heterocycles. The molecule has 3 aromatic rings. The number of rotatable bonds is 4. The van der Waals surface area contributed by atoms with Crippen LogP contribution in [0.2, 0.25) is 0 Å². The largest absolute Gasteiger partial charge is 0.573 e. The van der Waals surface area contributed by atoms with Crippen LogP contribution in [-0.4, -0.2) is 25.4 Å². The summed E-state index contributed by atoms with van der Waals surface area (Å²) in [5.74, 6) is -6.39. The SMILES string of the molecule is N#CC(C#N)=C1c2cc(OC(F)(F)F)c(OC(F)(F)F)cc2-c2c1sc1c2-c2cc(OC(F)(F)F)c(OC(F)(F)F)cc2C1=C(C#N)C#N. The molecule has 0 amide bonds. The molecule has 0 fully saturated rings. The van der Waals surface area contributed by atoms with E-state index in [1.54, 1.807) is 0 Å².